The van der Waals surface area contributed by atoms with E-state index in [1.807, 2.05) is 43.3 Å². The number of benzene rings is 3. The van der Waals surface area contributed by atoms with Crippen molar-refractivity contribution in [1.29, 1.82) is 0 Å². The minimum absolute atomic E-state index is 0.167. The monoisotopic (exact) mass is 405 g/mol. The van der Waals surface area contributed by atoms with Crippen LogP contribution >= 0.6 is 0 Å². The van der Waals surface area contributed by atoms with E-state index in [0.29, 0.717) is 24.5 Å². The van der Waals surface area contributed by atoms with Crippen LogP contribution in [0.15, 0.2) is 72.8 Å². The molecular formula is C25H27NO4. The van der Waals surface area contributed by atoms with E-state index in [2.05, 4.69) is 5.32 Å². The topological polar surface area (TPSA) is 56.8 Å². The number of methoxy groups -OCH3 is 1. The number of rotatable bonds is 10. The normalized spacial score (nSPS) is 10.3. The molecule has 3 aromatic carbocycles. The lowest BCUT2D eigenvalue weighted by Crippen LogP contribution is -2.11. The smallest absolute Gasteiger partial charge is 0.255 e. The van der Waals surface area contributed by atoms with Gasteiger partial charge in [0.15, 0.2) is 0 Å². The number of para-hydroxylation sites is 1. The van der Waals surface area contributed by atoms with Crippen molar-refractivity contribution in [2.75, 3.05) is 25.6 Å². The Morgan fingerprint density at radius 3 is 2.10 bits per heavy atom. The standard InChI is InChI=1S/C25H27NO4/c1-19-7-3-4-8-24(19)30-18-6-5-17-29-23-13-9-20(10-14-23)25(27)26-21-11-15-22(28-2)16-12-21/h3-4,7-16H,5-6,17-18H2,1-2H3,(H,26,27). The molecule has 0 aliphatic carbocycles. The van der Waals surface area contributed by atoms with Crippen molar-refractivity contribution in [3.8, 4) is 17.2 Å². The lowest BCUT2D eigenvalue weighted by molar-refractivity contribution is 0.102. The summed E-state index contributed by atoms with van der Waals surface area (Å²) in [5.74, 6) is 2.26. The predicted octanol–water partition coefficient (Wildman–Crippen LogP) is 5.49. The van der Waals surface area contributed by atoms with Gasteiger partial charge in [0.1, 0.15) is 17.2 Å². The summed E-state index contributed by atoms with van der Waals surface area (Å²) in [4.78, 5) is 12.4. The Morgan fingerprint density at radius 1 is 0.800 bits per heavy atom. The molecular weight excluding hydrogens is 378 g/mol. The average Bonchev–Trinajstić information content (AvgIpc) is 2.78. The maximum atomic E-state index is 12.4. The average molecular weight is 405 g/mol. The molecule has 0 radical (unpaired) electrons. The van der Waals surface area contributed by atoms with Crippen molar-refractivity contribution in [3.63, 3.8) is 0 Å². The van der Waals surface area contributed by atoms with Crippen LogP contribution in [-0.2, 0) is 0 Å². The van der Waals surface area contributed by atoms with E-state index in [1.54, 1.807) is 43.5 Å². The van der Waals surface area contributed by atoms with E-state index >= 15 is 0 Å². The first-order valence-electron chi connectivity index (χ1n) is 10.0. The first-order chi connectivity index (χ1) is 14.7. The van der Waals surface area contributed by atoms with Gasteiger partial charge in [-0.25, -0.2) is 0 Å². The largest absolute Gasteiger partial charge is 0.497 e. The van der Waals surface area contributed by atoms with Crippen LogP contribution in [0.3, 0.4) is 0 Å². The van der Waals surface area contributed by atoms with Crippen molar-refractivity contribution in [2.45, 2.75) is 19.8 Å². The third kappa shape index (κ3) is 6.27. The molecule has 0 saturated carbocycles. The SMILES string of the molecule is COc1ccc(NC(=O)c2ccc(OCCCCOc3ccccc3C)cc2)cc1. The van der Waals surface area contributed by atoms with Crippen molar-refractivity contribution < 1.29 is 19.0 Å². The Morgan fingerprint density at radius 2 is 1.43 bits per heavy atom. The Hall–Kier alpha value is -3.47. The molecule has 0 saturated heterocycles. The second-order valence-electron chi connectivity index (χ2n) is 6.88. The number of amides is 1. The fourth-order valence-corrected chi connectivity index (χ4v) is 2.87. The Bertz CT molecular complexity index is 936. The number of nitrogens with one attached hydrogen (secondary N) is 1. The van der Waals surface area contributed by atoms with E-state index < -0.39 is 0 Å². The van der Waals surface area contributed by atoms with E-state index in [1.165, 1.54) is 0 Å². The molecule has 0 aliphatic rings. The van der Waals surface area contributed by atoms with Gasteiger partial charge in [-0.2, -0.15) is 0 Å². The molecule has 0 atom stereocenters. The molecule has 5 heteroatoms. The zero-order valence-corrected chi connectivity index (χ0v) is 17.4. The van der Waals surface area contributed by atoms with Crippen LogP contribution < -0.4 is 19.5 Å². The third-order valence-corrected chi connectivity index (χ3v) is 4.62. The summed E-state index contributed by atoms with van der Waals surface area (Å²) in [5.41, 5.74) is 2.43. The van der Waals surface area contributed by atoms with Gasteiger partial charge in [-0.3, -0.25) is 4.79 Å². The minimum Gasteiger partial charge on any atom is -0.497 e. The summed E-state index contributed by atoms with van der Waals surface area (Å²) in [6.07, 6.45) is 1.81. The number of hydrogen-bond acceptors (Lipinski definition) is 4. The molecule has 0 aromatic heterocycles. The van der Waals surface area contributed by atoms with Gasteiger partial charge in [0.2, 0.25) is 0 Å². The molecule has 30 heavy (non-hydrogen) atoms. The second kappa shape index (κ2) is 10.9. The van der Waals surface area contributed by atoms with Gasteiger partial charge in [-0.05, 0) is 79.9 Å². The number of carbonyl (C=O) groups is 1. The molecule has 0 heterocycles. The summed E-state index contributed by atoms with van der Waals surface area (Å²) in [6.45, 7) is 3.31. The van der Waals surface area contributed by atoms with Gasteiger partial charge in [-0.15, -0.1) is 0 Å². The van der Waals surface area contributed by atoms with Crippen LogP contribution in [-0.4, -0.2) is 26.2 Å². The molecule has 3 aromatic rings. The predicted molar refractivity (Wildman–Crippen MR) is 119 cm³/mol. The fraction of sp³-hybridized carbons (Fsp3) is 0.240. The van der Waals surface area contributed by atoms with Crippen molar-refractivity contribution in [2.24, 2.45) is 0 Å². The van der Waals surface area contributed by atoms with Gasteiger partial charge in [0.25, 0.3) is 5.91 Å². The number of ether oxygens (including phenoxy) is 3. The Kier molecular flexibility index (Phi) is 7.72. The van der Waals surface area contributed by atoms with Crippen LogP contribution in [0.5, 0.6) is 17.2 Å². The fourth-order valence-electron chi connectivity index (χ4n) is 2.87. The molecule has 0 spiro atoms. The number of anilines is 1. The first-order valence-corrected chi connectivity index (χ1v) is 10.0. The van der Waals surface area contributed by atoms with Crippen molar-refractivity contribution in [1.82, 2.24) is 0 Å². The molecule has 0 fully saturated rings. The molecule has 5 nitrogen and oxygen atoms in total. The molecule has 0 bridgehead atoms. The lowest BCUT2D eigenvalue weighted by Gasteiger charge is -2.10. The highest BCUT2D eigenvalue weighted by molar-refractivity contribution is 6.04. The molecule has 0 aliphatic heterocycles. The Balaban J connectivity index is 1.37. The van der Waals surface area contributed by atoms with E-state index in [9.17, 15) is 4.79 Å². The van der Waals surface area contributed by atoms with Crippen LogP contribution in [0.25, 0.3) is 0 Å². The quantitative estimate of drug-likeness (QED) is 0.453. The minimum atomic E-state index is -0.167. The van der Waals surface area contributed by atoms with Gasteiger partial charge < -0.3 is 19.5 Å². The molecule has 3 rings (SSSR count). The van der Waals surface area contributed by atoms with Gasteiger partial charge in [0.05, 0.1) is 20.3 Å². The number of aryl methyl sites for hydroxylation is 1. The van der Waals surface area contributed by atoms with Gasteiger partial charge >= 0.3 is 0 Å². The molecule has 1 amide bonds. The van der Waals surface area contributed by atoms with Crippen LogP contribution in [0, 0.1) is 6.92 Å². The number of unbranched alkanes of at least 4 members (excludes halogenated alkanes) is 1. The van der Waals surface area contributed by atoms with Crippen molar-refractivity contribution >= 4 is 11.6 Å². The highest BCUT2D eigenvalue weighted by Crippen LogP contribution is 2.18. The van der Waals surface area contributed by atoms with Crippen molar-refractivity contribution in [3.05, 3.63) is 83.9 Å². The summed E-state index contributed by atoms with van der Waals surface area (Å²) in [7, 11) is 1.61. The maximum absolute atomic E-state index is 12.4. The lowest BCUT2D eigenvalue weighted by atomic mass is 10.2. The summed E-state index contributed by atoms with van der Waals surface area (Å²) in [5, 5.41) is 2.86. The third-order valence-electron chi connectivity index (χ3n) is 4.62. The molecule has 156 valence electrons. The summed E-state index contributed by atoms with van der Waals surface area (Å²) >= 11 is 0. The molecule has 0 unspecified atom stereocenters. The van der Waals surface area contributed by atoms with Crippen LogP contribution in [0.2, 0.25) is 0 Å². The highest BCUT2D eigenvalue weighted by atomic mass is 16.5. The maximum Gasteiger partial charge on any atom is 0.255 e. The Labute approximate surface area is 177 Å². The second-order valence-corrected chi connectivity index (χ2v) is 6.88. The first kappa shape index (κ1) is 21.2. The van der Waals surface area contributed by atoms with E-state index in [4.69, 9.17) is 14.2 Å². The van der Waals surface area contributed by atoms with Crippen LogP contribution in [0.1, 0.15) is 28.8 Å². The number of hydrogen-bond donors (Lipinski definition) is 1. The molecule has 1 N–H and O–H groups in total. The summed E-state index contributed by atoms with van der Waals surface area (Å²) in [6, 6.07) is 22.4. The highest BCUT2D eigenvalue weighted by Gasteiger charge is 2.07. The van der Waals surface area contributed by atoms with Crippen LogP contribution in [0.4, 0.5) is 5.69 Å². The van der Waals surface area contributed by atoms with E-state index in [0.717, 1.165) is 35.7 Å². The van der Waals surface area contributed by atoms with E-state index in [-0.39, 0.29) is 5.91 Å². The van der Waals surface area contributed by atoms with Gasteiger partial charge in [-0.1, -0.05) is 18.2 Å². The number of carbonyl (C=O) groups excluding carboxylic acids is 1. The zero-order chi connectivity index (χ0) is 21.2. The zero-order valence-electron chi connectivity index (χ0n) is 17.4. The van der Waals surface area contributed by atoms with Gasteiger partial charge in [0, 0.05) is 11.3 Å². The summed E-state index contributed by atoms with van der Waals surface area (Å²) < 4.78 is 16.7.